The van der Waals surface area contributed by atoms with Gasteiger partial charge in [-0.25, -0.2) is 8.42 Å². The smallest absolute Gasteiger partial charge is 0.310 e. The molecular weight excluding hydrogens is 444 g/mol. The Balaban J connectivity index is 1.99. The van der Waals surface area contributed by atoms with Crippen molar-refractivity contribution < 1.29 is 27.5 Å². The number of nitrogens with one attached hydrogen (secondary N) is 1. The van der Waals surface area contributed by atoms with E-state index in [-0.39, 0.29) is 22.3 Å². The number of carbonyl (C=O) groups excluding carboxylic acids is 2. The maximum absolute atomic E-state index is 12.7. The lowest BCUT2D eigenvalue weighted by Gasteiger charge is -2.17. The highest BCUT2D eigenvalue weighted by Gasteiger charge is 2.24. The fourth-order valence-electron chi connectivity index (χ4n) is 2.67. The molecule has 0 saturated carbocycles. The van der Waals surface area contributed by atoms with Crippen LogP contribution in [0.15, 0.2) is 47.4 Å². The summed E-state index contributed by atoms with van der Waals surface area (Å²) in [6, 6.07) is 10.8. The maximum atomic E-state index is 12.7. The molecule has 0 unspecified atom stereocenters. The summed E-state index contributed by atoms with van der Waals surface area (Å²) < 4.78 is 36.6. The van der Waals surface area contributed by atoms with Gasteiger partial charge in [0.25, 0.3) is 0 Å². The van der Waals surface area contributed by atoms with Crippen molar-refractivity contribution in [3.05, 3.63) is 53.1 Å². The molecule has 0 aromatic heterocycles. The molecule has 0 aliphatic rings. The average molecular weight is 469 g/mol. The molecule has 0 fully saturated rings. The summed E-state index contributed by atoms with van der Waals surface area (Å²) in [4.78, 5) is 23.8. The summed E-state index contributed by atoms with van der Waals surface area (Å²) in [6.07, 6.45) is 0.133. The van der Waals surface area contributed by atoms with Gasteiger partial charge < -0.3 is 14.8 Å². The van der Waals surface area contributed by atoms with Gasteiger partial charge in [-0.05, 0) is 49.7 Å². The molecule has 31 heavy (non-hydrogen) atoms. The van der Waals surface area contributed by atoms with Crippen LogP contribution in [0.25, 0.3) is 0 Å². The first kappa shape index (κ1) is 24.6. The van der Waals surface area contributed by atoms with Gasteiger partial charge in [0.15, 0.2) is 0 Å². The van der Waals surface area contributed by atoms with Crippen LogP contribution >= 0.6 is 11.6 Å². The number of hydrogen-bond donors (Lipinski definition) is 1. The van der Waals surface area contributed by atoms with Crippen molar-refractivity contribution in [2.75, 3.05) is 32.1 Å². The highest BCUT2D eigenvalue weighted by molar-refractivity contribution is 7.89. The third-order valence-electron chi connectivity index (χ3n) is 4.17. The normalized spacial score (nSPS) is 11.3. The van der Waals surface area contributed by atoms with Crippen LogP contribution in [-0.2, 0) is 30.8 Å². The van der Waals surface area contributed by atoms with Gasteiger partial charge in [0.05, 0.1) is 36.1 Å². The first-order chi connectivity index (χ1) is 14.7. The van der Waals surface area contributed by atoms with E-state index in [0.29, 0.717) is 24.7 Å². The lowest BCUT2D eigenvalue weighted by molar-refractivity contribution is -0.142. The topological polar surface area (TPSA) is 102 Å². The van der Waals surface area contributed by atoms with Crippen LogP contribution in [-0.4, -0.2) is 51.4 Å². The zero-order valence-corrected chi connectivity index (χ0v) is 19.1. The van der Waals surface area contributed by atoms with Crippen molar-refractivity contribution in [2.45, 2.75) is 25.2 Å². The van der Waals surface area contributed by atoms with E-state index in [0.717, 1.165) is 9.87 Å². The Morgan fingerprint density at radius 1 is 1.06 bits per heavy atom. The molecule has 2 rings (SSSR count). The van der Waals surface area contributed by atoms with E-state index in [2.05, 4.69) is 5.32 Å². The van der Waals surface area contributed by atoms with Gasteiger partial charge in [-0.1, -0.05) is 23.7 Å². The predicted molar refractivity (Wildman–Crippen MR) is 118 cm³/mol. The molecule has 0 aliphatic heterocycles. The van der Waals surface area contributed by atoms with Crippen LogP contribution in [0.1, 0.15) is 19.4 Å². The largest absolute Gasteiger partial charge is 0.492 e. The summed E-state index contributed by atoms with van der Waals surface area (Å²) >= 11 is 6.08. The number of sulfonamides is 1. The fourth-order valence-corrected chi connectivity index (χ4v) is 4.12. The number of halogens is 1. The molecule has 0 radical (unpaired) electrons. The standard InChI is InChI=1S/C21H25ClN2O6S/c1-4-29-19-11-10-17(13-18(19)22)31(27,28)24(3)14-20(25)23-16-8-6-15(7-9-16)12-21(26)30-5-2/h6-11,13H,4-5,12,14H2,1-3H3,(H,23,25). The summed E-state index contributed by atoms with van der Waals surface area (Å²) in [5, 5.41) is 2.80. The highest BCUT2D eigenvalue weighted by Crippen LogP contribution is 2.28. The maximum Gasteiger partial charge on any atom is 0.310 e. The number of amides is 1. The molecule has 0 spiro atoms. The predicted octanol–water partition coefficient (Wildman–Crippen LogP) is 3.10. The molecule has 2 aromatic carbocycles. The molecule has 1 N–H and O–H groups in total. The van der Waals surface area contributed by atoms with Gasteiger partial charge in [0, 0.05) is 12.7 Å². The number of hydrogen-bond acceptors (Lipinski definition) is 6. The van der Waals surface area contributed by atoms with Gasteiger partial charge in [-0.15, -0.1) is 0 Å². The van der Waals surface area contributed by atoms with Crippen LogP contribution in [0.5, 0.6) is 5.75 Å². The minimum absolute atomic E-state index is 0.0421. The van der Waals surface area contributed by atoms with Crippen molar-refractivity contribution in [1.82, 2.24) is 4.31 Å². The number of anilines is 1. The Kier molecular flexibility index (Phi) is 8.85. The van der Waals surface area contributed by atoms with E-state index in [1.54, 1.807) is 38.1 Å². The lowest BCUT2D eigenvalue weighted by atomic mass is 10.1. The minimum atomic E-state index is -3.93. The van der Waals surface area contributed by atoms with Gasteiger partial charge >= 0.3 is 5.97 Å². The first-order valence-corrected chi connectivity index (χ1v) is 11.4. The average Bonchev–Trinajstić information content (AvgIpc) is 2.71. The van der Waals surface area contributed by atoms with Gasteiger partial charge in [-0.3, -0.25) is 9.59 Å². The van der Waals surface area contributed by atoms with E-state index in [1.165, 1.54) is 25.2 Å². The molecule has 8 nitrogen and oxygen atoms in total. The van der Waals surface area contributed by atoms with Gasteiger partial charge in [0.1, 0.15) is 5.75 Å². The minimum Gasteiger partial charge on any atom is -0.492 e. The number of likely N-dealkylation sites (N-methyl/N-ethyl adjacent to an activating group) is 1. The van der Waals surface area contributed by atoms with Gasteiger partial charge in [0.2, 0.25) is 15.9 Å². The van der Waals surface area contributed by atoms with E-state index < -0.39 is 22.5 Å². The first-order valence-electron chi connectivity index (χ1n) is 9.60. The second-order valence-electron chi connectivity index (χ2n) is 6.51. The third kappa shape index (κ3) is 6.95. The summed E-state index contributed by atoms with van der Waals surface area (Å²) in [7, 11) is -2.62. The molecular formula is C21H25ClN2O6S. The number of rotatable bonds is 10. The lowest BCUT2D eigenvalue weighted by Crippen LogP contribution is -2.35. The second kappa shape index (κ2) is 11.1. The number of carbonyl (C=O) groups is 2. The zero-order valence-electron chi connectivity index (χ0n) is 17.6. The molecule has 0 aliphatic carbocycles. The number of ether oxygens (including phenoxy) is 2. The second-order valence-corrected chi connectivity index (χ2v) is 8.97. The van der Waals surface area contributed by atoms with Gasteiger partial charge in [-0.2, -0.15) is 4.31 Å². The fraction of sp³-hybridized carbons (Fsp3) is 0.333. The molecule has 168 valence electrons. The van der Waals surface area contributed by atoms with E-state index in [1.807, 2.05) is 0 Å². The Hall–Kier alpha value is -2.62. The Bertz CT molecular complexity index is 1020. The summed E-state index contributed by atoms with van der Waals surface area (Å²) in [5.41, 5.74) is 1.22. The molecule has 2 aromatic rings. The van der Waals surface area contributed by atoms with Crippen LogP contribution in [0.3, 0.4) is 0 Å². The van der Waals surface area contributed by atoms with E-state index in [4.69, 9.17) is 21.1 Å². The van der Waals surface area contributed by atoms with Crippen molar-refractivity contribution in [2.24, 2.45) is 0 Å². The van der Waals surface area contributed by atoms with Crippen molar-refractivity contribution in [3.8, 4) is 5.75 Å². The molecule has 10 heteroatoms. The van der Waals surface area contributed by atoms with Crippen molar-refractivity contribution in [3.63, 3.8) is 0 Å². The van der Waals surface area contributed by atoms with E-state index >= 15 is 0 Å². The van der Waals surface area contributed by atoms with Crippen molar-refractivity contribution >= 4 is 39.2 Å². The molecule has 0 heterocycles. The Morgan fingerprint density at radius 2 is 1.74 bits per heavy atom. The molecule has 0 bridgehead atoms. The van der Waals surface area contributed by atoms with Crippen molar-refractivity contribution in [1.29, 1.82) is 0 Å². The number of nitrogens with zero attached hydrogens (tertiary/aromatic N) is 1. The summed E-state index contributed by atoms with van der Waals surface area (Å²) in [6.45, 7) is 3.85. The van der Waals surface area contributed by atoms with Crippen LogP contribution in [0.2, 0.25) is 5.02 Å². The third-order valence-corrected chi connectivity index (χ3v) is 6.26. The van der Waals surface area contributed by atoms with Crippen LogP contribution in [0.4, 0.5) is 5.69 Å². The van der Waals surface area contributed by atoms with E-state index in [9.17, 15) is 18.0 Å². The monoisotopic (exact) mass is 468 g/mol. The van der Waals surface area contributed by atoms with Crippen LogP contribution in [0, 0.1) is 0 Å². The zero-order chi connectivity index (χ0) is 23.0. The SMILES string of the molecule is CCOC(=O)Cc1ccc(NC(=O)CN(C)S(=O)(=O)c2ccc(OCC)c(Cl)c2)cc1. The Labute approximate surface area is 187 Å². The molecule has 1 amide bonds. The Morgan fingerprint density at radius 3 is 2.32 bits per heavy atom. The number of esters is 1. The highest BCUT2D eigenvalue weighted by atomic mass is 35.5. The van der Waals surface area contributed by atoms with Crippen LogP contribution < -0.4 is 10.1 Å². The number of benzene rings is 2. The summed E-state index contributed by atoms with van der Waals surface area (Å²) in [5.74, 6) is -0.461. The molecule has 0 saturated heterocycles. The quantitative estimate of drug-likeness (QED) is 0.537. The molecule has 0 atom stereocenters.